The van der Waals surface area contributed by atoms with Crippen molar-refractivity contribution in [3.05, 3.63) is 18.0 Å². The lowest BCUT2D eigenvalue weighted by Crippen LogP contribution is -2.49. The molecule has 0 aliphatic carbocycles. The highest BCUT2D eigenvalue weighted by Crippen LogP contribution is 2.30. The Labute approximate surface area is 120 Å². The molecule has 2 saturated heterocycles. The Morgan fingerprint density at radius 3 is 2.50 bits per heavy atom. The second-order valence-corrected chi connectivity index (χ2v) is 5.76. The molecule has 2 N–H and O–H groups in total. The molecule has 0 amide bonds. The van der Waals surface area contributed by atoms with Gasteiger partial charge in [-0.15, -0.1) is 0 Å². The summed E-state index contributed by atoms with van der Waals surface area (Å²) >= 11 is 0. The second kappa shape index (κ2) is 5.97. The first kappa shape index (κ1) is 13.6. The number of nitrogens with zero attached hydrogens (tertiary/aromatic N) is 3. The topological polar surface area (TPSA) is 54.6 Å². The first-order chi connectivity index (χ1) is 9.75. The van der Waals surface area contributed by atoms with Gasteiger partial charge >= 0.3 is 0 Å². The number of nitrogen functional groups attached to an aromatic ring is 1. The number of pyridine rings is 1. The van der Waals surface area contributed by atoms with Crippen molar-refractivity contribution in [2.75, 3.05) is 50.0 Å². The van der Waals surface area contributed by atoms with Gasteiger partial charge in [0.15, 0.2) is 0 Å². The fourth-order valence-electron chi connectivity index (χ4n) is 3.41. The monoisotopic (exact) mass is 276 g/mol. The second-order valence-electron chi connectivity index (χ2n) is 5.76. The van der Waals surface area contributed by atoms with Crippen LogP contribution in [0.1, 0.15) is 18.4 Å². The molecule has 0 unspecified atom stereocenters. The third kappa shape index (κ3) is 2.74. The molecule has 0 spiro atoms. The van der Waals surface area contributed by atoms with Crippen LogP contribution in [0.15, 0.2) is 12.4 Å². The van der Waals surface area contributed by atoms with E-state index < -0.39 is 0 Å². The molecule has 2 aliphatic heterocycles. The minimum absolute atomic E-state index is 0.707. The van der Waals surface area contributed by atoms with Crippen molar-refractivity contribution in [1.29, 1.82) is 0 Å². The molecule has 5 nitrogen and oxygen atoms in total. The van der Waals surface area contributed by atoms with Crippen molar-refractivity contribution < 1.29 is 4.74 Å². The molecule has 0 bridgehead atoms. The summed E-state index contributed by atoms with van der Waals surface area (Å²) in [5.74, 6) is 0. The Morgan fingerprint density at radius 2 is 1.85 bits per heavy atom. The molecule has 2 fully saturated rings. The van der Waals surface area contributed by atoms with Gasteiger partial charge in [0.2, 0.25) is 0 Å². The zero-order valence-electron chi connectivity index (χ0n) is 12.2. The number of aryl methyl sites for hydroxylation is 1. The number of aromatic nitrogens is 1. The van der Waals surface area contributed by atoms with Crippen molar-refractivity contribution in [3.63, 3.8) is 0 Å². The molecule has 20 heavy (non-hydrogen) atoms. The Balaban J connectivity index is 1.63. The summed E-state index contributed by atoms with van der Waals surface area (Å²) in [5.41, 5.74) is 9.26. The number of anilines is 2. The molecule has 0 aromatic carbocycles. The summed E-state index contributed by atoms with van der Waals surface area (Å²) in [5, 5.41) is 0. The minimum atomic E-state index is 0.707. The molecular weight excluding hydrogens is 252 g/mol. The molecule has 3 heterocycles. The summed E-state index contributed by atoms with van der Waals surface area (Å²) in [4.78, 5) is 9.16. The lowest BCUT2D eigenvalue weighted by Gasteiger charge is -2.41. The Kier molecular flexibility index (Phi) is 4.08. The van der Waals surface area contributed by atoms with Crippen molar-refractivity contribution in [3.8, 4) is 0 Å². The maximum atomic E-state index is 6.10. The smallest absolute Gasteiger partial charge is 0.0741 e. The third-order valence-corrected chi connectivity index (χ3v) is 4.47. The maximum Gasteiger partial charge on any atom is 0.0741 e. The highest BCUT2D eigenvalue weighted by molar-refractivity contribution is 5.70. The van der Waals surface area contributed by atoms with Gasteiger partial charge in [0.25, 0.3) is 0 Å². The van der Waals surface area contributed by atoms with Gasteiger partial charge in [-0.3, -0.25) is 9.88 Å². The lowest BCUT2D eigenvalue weighted by atomic mass is 10.0. The van der Waals surface area contributed by atoms with Gasteiger partial charge in [-0.05, 0) is 25.3 Å². The quantitative estimate of drug-likeness (QED) is 0.881. The van der Waals surface area contributed by atoms with Gasteiger partial charge in [-0.1, -0.05) is 0 Å². The minimum Gasteiger partial charge on any atom is -0.396 e. The van der Waals surface area contributed by atoms with Gasteiger partial charge < -0.3 is 15.4 Å². The van der Waals surface area contributed by atoms with Crippen LogP contribution in [0.4, 0.5) is 11.4 Å². The zero-order chi connectivity index (χ0) is 13.9. The van der Waals surface area contributed by atoms with Gasteiger partial charge in [-0.25, -0.2) is 0 Å². The molecule has 1 aromatic rings. The molecule has 3 rings (SSSR count). The van der Waals surface area contributed by atoms with Crippen LogP contribution in [0.2, 0.25) is 0 Å². The molecule has 5 heteroatoms. The van der Waals surface area contributed by atoms with Crippen LogP contribution in [-0.2, 0) is 4.74 Å². The van der Waals surface area contributed by atoms with E-state index in [1.807, 2.05) is 6.20 Å². The zero-order valence-corrected chi connectivity index (χ0v) is 12.2. The van der Waals surface area contributed by atoms with Crippen molar-refractivity contribution in [2.45, 2.75) is 25.8 Å². The van der Waals surface area contributed by atoms with Gasteiger partial charge in [-0.2, -0.15) is 0 Å². The Bertz CT molecular complexity index is 431. The number of piperidine rings is 1. The van der Waals surface area contributed by atoms with Crippen molar-refractivity contribution >= 4 is 11.4 Å². The first-order valence-electron chi connectivity index (χ1n) is 7.52. The van der Waals surface area contributed by atoms with Crippen LogP contribution >= 0.6 is 0 Å². The number of rotatable bonds is 2. The predicted molar refractivity (Wildman–Crippen MR) is 81.0 cm³/mol. The molecule has 0 atom stereocenters. The summed E-state index contributed by atoms with van der Waals surface area (Å²) in [6, 6.07) is 0.707. The van der Waals surface area contributed by atoms with E-state index in [-0.39, 0.29) is 0 Å². The molecule has 0 radical (unpaired) electrons. The van der Waals surface area contributed by atoms with Crippen LogP contribution < -0.4 is 10.6 Å². The normalized spacial score (nSPS) is 22.1. The first-order valence-corrected chi connectivity index (χ1v) is 7.52. The lowest BCUT2D eigenvalue weighted by molar-refractivity contribution is 0.0115. The SMILES string of the molecule is Cc1cncc(N)c1N1CCC(N2CCOCC2)CC1. The Morgan fingerprint density at radius 1 is 1.15 bits per heavy atom. The van der Waals surface area contributed by atoms with E-state index in [2.05, 4.69) is 21.7 Å². The van der Waals surface area contributed by atoms with E-state index >= 15 is 0 Å². The standard InChI is InChI=1S/C15H24N4O/c1-12-10-17-11-14(16)15(12)19-4-2-13(3-5-19)18-6-8-20-9-7-18/h10-11,13H,2-9,16H2,1H3. The number of morpholine rings is 1. The highest BCUT2D eigenvalue weighted by Gasteiger charge is 2.27. The number of ether oxygens (including phenoxy) is 1. The highest BCUT2D eigenvalue weighted by atomic mass is 16.5. The van der Waals surface area contributed by atoms with Crippen molar-refractivity contribution in [2.24, 2.45) is 0 Å². The van der Waals surface area contributed by atoms with E-state index in [0.29, 0.717) is 6.04 Å². The molecular formula is C15H24N4O. The largest absolute Gasteiger partial charge is 0.396 e. The summed E-state index contributed by atoms with van der Waals surface area (Å²) in [6.07, 6.45) is 6.08. The van der Waals surface area contributed by atoms with Gasteiger partial charge in [0, 0.05) is 38.4 Å². The Hall–Kier alpha value is -1.33. The van der Waals surface area contributed by atoms with E-state index in [9.17, 15) is 0 Å². The number of nitrogens with two attached hydrogens (primary N) is 1. The maximum absolute atomic E-state index is 6.10. The summed E-state index contributed by atoms with van der Waals surface area (Å²) in [7, 11) is 0. The van der Waals surface area contributed by atoms with Gasteiger partial charge in [0.05, 0.1) is 30.8 Å². The molecule has 0 saturated carbocycles. The van der Waals surface area contributed by atoms with E-state index in [0.717, 1.165) is 45.1 Å². The van der Waals surface area contributed by atoms with Crippen LogP contribution in [0.3, 0.4) is 0 Å². The van der Waals surface area contributed by atoms with Crippen molar-refractivity contribution in [1.82, 2.24) is 9.88 Å². The van der Waals surface area contributed by atoms with Crippen LogP contribution in [0, 0.1) is 6.92 Å². The molecule has 110 valence electrons. The van der Waals surface area contributed by atoms with Crippen LogP contribution in [0.5, 0.6) is 0 Å². The van der Waals surface area contributed by atoms with E-state index in [1.165, 1.54) is 24.1 Å². The number of hydrogen-bond donors (Lipinski definition) is 1. The summed E-state index contributed by atoms with van der Waals surface area (Å²) < 4.78 is 5.44. The number of hydrogen-bond acceptors (Lipinski definition) is 5. The average molecular weight is 276 g/mol. The van der Waals surface area contributed by atoms with Gasteiger partial charge in [0.1, 0.15) is 0 Å². The third-order valence-electron chi connectivity index (χ3n) is 4.47. The molecule has 1 aromatic heterocycles. The van der Waals surface area contributed by atoms with E-state index in [1.54, 1.807) is 6.20 Å². The molecule has 2 aliphatic rings. The fourth-order valence-corrected chi connectivity index (χ4v) is 3.41. The van der Waals surface area contributed by atoms with E-state index in [4.69, 9.17) is 10.5 Å². The van der Waals surface area contributed by atoms with Crippen LogP contribution in [0.25, 0.3) is 0 Å². The van der Waals surface area contributed by atoms with Crippen LogP contribution in [-0.4, -0.2) is 55.3 Å². The predicted octanol–water partition coefficient (Wildman–Crippen LogP) is 1.27. The fraction of sp³-hybridized carbons (Fsp3) is 0.667. The summed E-state index contributed by atoms with van der Waals surface area (Å²) in [6.45, 7) is 8.19. The average Bonchev–Trinajstić information content (AvgIpc) is 2.49.